The lowest BCUT2D eigenvalue weighted by Crippen LogP contribution is -2.32. The molecule has 27 heavy (non-hydrogen) atoms. The maximum Gasteiger partial charge on any atom is 0.278 e. The standard InChI is InChI=1S/C21H22N2O4/c1-4-23-20(24)18(14-6-10-16(26-3)11-7-14)19(21(23)25)22-15-8-12-17(13-9-15)27-5-2/h6-13,22H,4-5H2,1-3H3. The average molecular weight is 366 g/mol. The third kappa shape index (κ3) is 3.65. The van der Waals surface area contributed by atoms with Gasteiger partial charge in [0.25, 0.3) is 11.8 Å². The molecule has 0 aliphatic carbocycles. The summed E-state index contributed by atoms with van der Waals surface area (Å²) in [5, 5.41) is 3.11. The molecule has 1 N–H and O–H groups in total. The Balaban J connectivity index is 1.98. The van der Waals surface area contributed by atoms with Crippen LogP contribution < -0.4 is 14.8 Å². The number of hydrogen-bond donors (Lipinski definition) is 1. The number of likely N-dealkylation sites (N-methyl/N-ethyl adjacent to an activating group) is 1. The molecule has 140 valence electrons. The molecule has 1 aliphatic heterocycles. The fraction of sp³-hybridized carbons (Fsp3) is 0.238. The highest BCUT2D eigenvalue weighted by Gasteiger charge is 2.38. The molecule has 0 unspecified atom stereocenters. The summed E-state index contributed by atoms with van der Waals surface area (Å²) in [6, 6.07) is 14.4. The molecule has 0 radical (unpaired) electrons. The number of carbonyl (C=O) groups excluding carboxylic acids is 2. The molecule has 0 saturated heterocycles. The number of imide groups is 1. The van der Waals surface area contributed by atoms with Gasteiger partial charge in [0.15, 0.2) is 0 Å². The van der Waals surface area contributed by atoms with Crippen LogP contribution in [0, 0.1) is 0 Å². The van der Waals surface area contributed by atoms with Crippen LogP contribution in [0.5, 0.6) is 11.5 Å². The predicted molar refractivity (Wildman–Crippen MR) is 104 cm³/mol. The number of nitrogens with zero attached hydrogens (tertiary/aromatic N) is 1. The highest BCUT2D eigenvalue weighted by atomic mass is 16.5. The fourth-order valence-corrected chi connectivity index (χ4v) is 2.95. The summed E-state index contributed by atoms with van der Waals surface area (Å²) in [5.41, 5.74) is 2.01. The Kier molecular flexibility index (Phi) is 5.45. The second kappa shape index (κ2) is 7.95. The highest BCUT2D eigenvalue weighted by molar-refractivity contribution is 6.36. The Morgan fingerprint density at radius 2 is 1.52 bits per heavy atom. The first kappa shape index (κ1) is 18.5. The molecular weight excluding hydrogens is 344 g/mol. The number of benzene rings is 2. The zero-order valence-corrected chi connectivity index (χ0v) is 15.6. The van der Waals surface area contributed by atoms with E-state index in [4.69, 9.17) is 9.47 Å². The predicted octanol–water partition coefficient (Wildman–Crippen LogP) is 3.31. The Morgan fingerprint density at radius 1 is 0.889 bits per heavy atom. The molecule has 6 nitrogen and oxygen atoms in total. The van der Waals surface area contributed by atoms with Gasteiger partial charge in [0.05, 0.1) is 19.3 Å². The van der Waals surface area contributed by atoms with Crippen molar-refractivity contribution < 1.29 is 19.1 Å². The van der Waals surface area contributed by atoms with Crippen molar-refractivity contribution in [2.75, 3.05) is 25.6 Å². The van der Waals surface area contributed by atoms with Crippen molar-refractivity contribution in [2.45, 2.75) is 13.8 Å². The van der Waals surface area contributed by atoms with E-state index in [0.717, 1.165) is 5.75 Å². The van der Waals surface area contributed by atoms with Gasteiger partial charge in [0, 0.05) is 12.2 Å². The van der Waals surface area contributed by atoms with Crippen molar-refractivity contribution in [1.29, 1.82) is 0 Å². The Morgan fingerprint density at radius 3 is 2.07 bits per heavy atom. The summed E-state index contributed by atoms with van der Waals surface area (Å²) in [5.74, 6) is 0.796. The topological polar surface area (TPSA) is 67.9 Å². The number of amides is 2. The SMILES string of the molecule is CCOc1ccc(NC2=C(c3ccc(OC)cc3)C(=O)N(CC)C2=O)cc1. The van der Waals surface area contributed by atoms with Crippen molar-refractivity contribution in [3.05, 3.63) is 59.8 Å². The fourth-order valence-electron chi connectivity index (χ4n) is 2.95. The van der Waals surface area contributed by atoms with Crippen molar-refractivity contribution in [3.8, 4) is 11.5 Å². The molecule has 0 atom stereocenters. The zero-order chi connectivity index (χ0) is 19.4. The van der Waals surface area contributed by atoms with Gasteiger partial charge in [-0.25, -0.2) is 0 Å². The van der Waals surface area contributed by atoms with Crippen molar-refractivity contribution >= 4 is 23.1 Å². The smallest absolute Gasteiger partial charge is 0.278 e. The van der Waals surface area contributed by atoms with Gasteiger partial charge >= 0.3 is 0 Å². The van der Waals surface area contributed by atoms with Gasteiger partial charge in [-0.05, 0) is 55.8 Å². The lowest BCUT2D eigenvalue weighted by molar-refractivity contribution is -0.136. The molecule has 1 heterocycles. The lowest BCUT2D eigenvalue weighted by atomic mass is 10.0. The van der Waals surface area contributed by atoms with Crippen molar-refractivity contribution in [1.82, 2.24) is 4.90 Å². The normalized spacial score (nSPS) is 14.0. The highest BCUT2D eigenvalue weighted by Crippen LogP contribution is 2.31. The summed E-state index contributed by atoms with van der Waals surface area (Å²) in [7, 11) is 1.58. The monoisotopic (exact) mass is 366 g/mol. The van der Waals surface area contributed by atoms with Crippen LogP contribution in [0.4, 0.5) is 5.69 Å². The van der Waals surface area contributed by atoms with E-state index in [1.165, 1.54) is 4.90 Å². The molecule has 0 saturated carbocycles. The molecule has 3 rings (SSSR count). The van der Waals surface area contributed by atoms with Crippen LogP contribution in [0.25, 0.3) is 5.57 Å². The lowest BCUT2D eigenvalue weighted by Gasteiger charge is -2.12. The quantitative estimate of drug-likeness (QED) is 0.762. The Labute approximate surface area is 158 Å². The van der Waals surface area contributed by atoms with Crippen LogP contribution in [0.3, 0.4) is 0 Å². The second-order valence-corrected chi connectivity index (χ2v) is 5.92. The molecule has 2 amide bonds. The molecule has 1 aliphatic rings. The van der Waals surface area contributed by atoms with Gasteiger partial charge in [-0.1, -0.05) is 12.1 Å². The summed E-state index contributed by atoms with van der Waals surface area (Å²) in [4.78, 5) is 26.8. The minimum absolute atomic E-state index is 0.274. The molecule has 2 aromatic carbocycles. The minimum atomic E-state index is -0.331. The molecule has 0 spiro atoms. The first-order valence-corrected chi connectivity index (χ1v) is 8.83. The van der Waals surface area contributed by atoms with E-state index in [1.54, 1.807) is 38.3 Å². The number of ether oxygens (including phenoxy) is 2. The minimum Gasteiger partial charge on any atom is -0.497 e. The van der Waals surface area contributed by atoms with Gasteiger partial charge in [-0.2, -0.15) is 0 Å². The summed E-state index contributed by atoms with van der Waals surface area (Å²) in [6.45, 7) is 4.59. The summed E-state index contributed by atoms with van der Waals surface area (Å²) < 4.78 is 10.6. The molecule has 0 bridgehead atoms. The molecule has 0 fully saturated rings. The largest absolute Gasteiger partial charge is 0.497 e. The molecule has 2 aromatic rings. The number of rotatable bonds is 7. The third-order valence-electron chi connectivity index (χ3n) is 4.30. The van der Waals surface area contributed by atoms with Gasteiger partial charge < -0.3 is 14.8 Å². The number of carbonyl (C=O) groups is 2. The zero-order valence-electron chi connectivity index (χ0n) is 15.6. The van der Waals surface area contributed by atoms with E-state index in [0.29, 0.717) is 35.7 Å². The van der Waals surface area contributed by atoms with E-state index < -0.39 is 0 Å². The second-order valence-electron chi connectivity index (χ2n) is 5.92. The van der Waals surface area contributed by atoms with Gasteiger partial charge in [0.2, 0.25) is 0 Å². The van der Waals surface area contributed by atoms with E-state index >= 15 is 0 Å². The van der Waals surface area contributed by atoms with Crippen molar-refractivity contribution in [3.63, 3.8) is 0 Å². The van der Waals surface area contributed by atoms with Crippen LogP contribution in [-0.2, 0) is 9.59 Å². The number of hydrogen-bond acceptors (Lipinski definition) is 5. The first-order chi connectivity index (χ1) is 13.1. The average Bonchev–Trinajstić information content (AvgIpc) is 2.93. The van der Waals surface area contributed by atoms with E-state index in [2.05, 4.69) is 5.32 Å². The third-order valence-corrected chi connectivity index (χ3v) is 4.30. The van der Waals surface area contributed by atoms with Crippen LogP contribution >= 0.6 is 0 Å². The maximum atomic E-state index is 12.8. The van der Waals surface area contributed by atoms with Crippen LogP contribution in [0.2, 0.25) is 0 Å². The molecule has 0 aromatic heterocycles. The molecule has 6 heteroatoms. The van der Waals surface area contributed by atoms with E-state index in [-0.39, 0.29) is 17.5 Å². The van der Waals surface area contributed by atoms with Crippen molar-refractivity contribution in [2.24, 2.45) is 0 Å². The van der Waals surface area contributed by atoms with Gasteiger partial charge in [-0.15, -0.1) is 0 Å². The summed E-state index contributed by atoms with van der Waals surface area (Å²) in [6.07, 6.45) is 0. The van der Waals surface area contributed by atoms with E-state index in [1.807, 2.05) is 31.2 Å². The summed E-state index contributed by atoms with van der Waals surface area (Å²) >= 11 is 0. The van der Waals surface area contributed by atoms with E-state index in [9.17, 15) is 9.59 Å². The van der Waals surface area contributed by atoms with Gasteiger partial charge in [-0.3, -0.25) is 14.5 Å². The number of anilines is 1. The Hall–Kier alpha value is -3.28. The first-order valence-electron chi connectivity index (χ1n) is 8.83. The van der Waals surface area contributed by atoms with Crippen LogP contribution in [0.1, 0.15) is 19.4 Å². The van der Waals surface area contributed by atoms with Crippen LogP contribution in [-0.4, -0.2) is 37.0 Å². The maximum absolute atomic E-state index is 12.8. The Bertz CT molecular complexity index is 870. The number of methoxy groups -OCH3 is 1. The molecular formula is C21H22N2O4. The van der Waals surface area contributed by atoms with Crippen LogP contribution in [0.15, 0.2) is 54.2 Å². The van der Waals surface area contributed by atoms with Gasteiger partial charge in [0.1, 0.15) is 17.2 Å². The number of nitrogens with one attached hydrogen (secondary N) is 1.